The van der Waals surface area contributed by atoms with Gasteiger partial charge in [-0.1, -0.05) is 47.9 Å². The topological polar surface area (TPSA) is 112 Å². The van der Waals surface area contributed by atoms with Crippen LogP contribution in [0.4, 0.5) is 0 Å². The van der Waals surface area contributed by atoms with E-state index in [0.717, 1.165) is 27.8 Å². The minimum absolute atomic E-state index is 0.287. The van der Waals surface area contributed by atoms with E-state index in [1.165, 1.54) is 6.92 Å². The number of rotatable bonds is 15. The third-order valence-corrected chi connectivity index (χ3v) is 7.21. The molecule has 2 N–H and O–H groups in total. The van der Waals surface area contributed by atoms with Gasteiger partial charge in [0.05, 0.1) is 0 Å². The smallest absolute Gasteiger partial charge is 0.340 e. The van der Waals surface area contributed by atoms with E-state index in [0.29, 0.717) is 43.3 Å². The third kappa shape index (κ3) is 11.8. The molecule has 8 nitrogen and oxygen atoms in total. The second kappa shape index (κ2) is 18.8. The number of carboxylic acid groups (broad SMARTS) is 2. The number of carbonyl (C=O) groups is 2. The van der Waals surface area contributed by atoms with Gasteiger partial charge >= 0.3 is 11.9 Å². The summed E-state index contributed by atoms with van der Waals surface area (Å²) in [6.07, 6.45) is 3.22. The highest BCUT2D eigenvalue weighted by Gasteiger charge is 2.35. The van der Waals surface area contributed by atoms with E-state index >= 15 is 0 Å². The average molecular weight is 651 g/mol. The molecule has 3 aromatic carbocycles. The molecule has 2 atom stereocenters. The van der Waals surface area contributed by atoms with Crippen molar-refractivity contribution in [3.05, 3.63) is 118 Å². The lowest BCUT2D eigenvalue weighted by molar-refractivity contribution is -0.164. The molecule has 0 aromatic heterocycles. The molecule has 0 aliphatic carbocycles. The molecule has 0 radical (unpaired) electrons. The molecule has 250 valence electrons. The summed E-state index contributed by atoms with van der Waals surface area (Å²) in [5.41, 5.74) is 3.47. The van der Waals surface area contributed by atoms with Crippen LogP contribution in [0.15, 0.2) is 96.1 Å². The van der Waals surface area contributed by atoms with Crippen LogP contribution in [0.1, 0.15) is 56.9 Å². The fourth-order valence-corrected chi connectivity index (χ4v) is 4.39. The van der Waals surface area contributed by atoms with Crippen LogP contribution in [-0.4, -0.2) is 54.7 Å². The Kier molecular flexibility index (Phi) is 14.5. The zero-order valence-corrected chi connectivity index (χ0v) is 28.0. The van der Waals surface area contributed by atoms with Gasteiger partial charge in [0.1, 0.15) is 24.7 Å². The van der Waals surface area contributed by atoms with Crippen molar-refractivity contribution in [1.29, 1.82) is 0 Å². The maximum absolute atomic E-state index is 11.7. The zero-order valence-electron chi connectivity index (χ0n) is 28.0. The van der Waals surface area contributed by atoms with E-state index < -0.39 is 23.6 Å². The second-order valence-electron chi connectivity index (χ2n) is 10.9. The van der Waals surface area contributed by atoms with Crippen LogP contribution < -0.4 is 9.47 Å². The number of hydrogen-bond acceptors (Lipinski definition) is 6. The van der Waals surface area contributed by atoms with Gasteiger partial charge in [-0.05, 0) is 118 Å². The average Bonchev–Trinajstić information content (AvgIpc) is 3.07. The summed E-state index contributed by atoms with van der Waals surface area (Å²) in [4.78, 5) is 23.0. The summed E-state index contributed by atoms with van der Waals surface area (Å²) in [6, 6.07) is 21.9. The Morgan fingerprint density at radius 2 is 1.23 bits per heavy atom. The summed E-state index contributed by atoms with van der Waals surface area (Å²) >= 11 is 0. The number of ether oxygens (including phenoxy) is 4. The predicted molar refractivity (Wildman–Crippen MR) is 185 cm³/mol. The SMILES string of the molecule is CCOC(Cc1ccc(OCC=C(C)C#Cc2ccc(C#CC(C)=CCOc3ccc(C(C)(OCC)C(=O)O)cc3)cc2)cc1)C(=O)O. The van der Waals surface area contributed by atoms with Crippen molar-refractivity contribution < 1.29 is 38.7 Å². The minimum atomic E-state index is -1.41. The first-order chi connectivity index (χ1) is 23.0. The van der Waals surface area contributed by atoms with Gasteiger partial charge in [-0.3, -0.25) is 0 Å². The van der Waals surface area contributed by atoms with Crippen molar-refractivity contribution in [2.75, 3.05) is 26.4 Å². The summed E-state index contributed by atoms with van der Waals surface area (Å²) in [7, 11) is 0. The van der Waals surface area contributed by atoms with Crippen molar-refractivity contribution in [2.45, 2.75) is 52.7 Å². The van der Waals surface area contributed by atoms with Crippen molar-refractivity contribution in [3.8, 4) is 35.2 Å². The molecule has 0 bridgehead atoms. The van der Waals surface area contributed by atoms with Gasteiger partial charge in [-0.2, -0.15) is 0 Å². The predicted octanol–water partition coefficient (Wildman–Crippen LogP) is 6.81. The van der Waals surface area contributed by atoms with E-state index in [1.54, 1.807) is 38.1 Å². The van der Waals surface area contributed by atoms with Gasteiger partial charge in [-0.25, -0.2) is 9.59 Å². The summed E-state index contributed by atoms with van der Waals surface area (Å²) in [6.45, 7) is 10.2. The first kappa shape index (κ1) is 37.2. The molecule has 48 heavy (non-hydrogen) atoms. The summed E-state index contributed by atoms with van der Waals surface area (Å²) < 4.78 is 22.3. The van der Waals surface area contributed by atoms with Crippen LogP contribution >= 0.6 is 0 Å². The lowest BCUT2D eigenvalue weighted by Gasteiger charge is -2.25. The first-order valence-electron chi connectivity index (χ1n) is 15.7. The Balaban J connectivity index is 1.46. The fraction of sp³-hybridized carbons (Fsp3) is 0.300. The van der Waals surface area contributed by atoms with Crippen molar-refractivity contribution >= 4 is 11.9 Å². The normalized spacial score (nSPS) is 13.2. The van der Waals surface area contributed by atoms with Crippen LogP contribution in [0.25, 0.3) is 0 Å². The Morgan fingerprint density at radius 1 is 0.750 bits per heavy atom. The molecule has 2 unspecified atom stereocenters. The molecule has 0 aliphatic rings. The molecule has 0 saturated heterocycles. The molecule has 0 heterocycles. The number of allylic oxidation sites excluding steroid dienone is 2. The van der Waals surface area contributed by atoms with Gasteiger partial charge < -0.3 is 29.2 Å². The van der Waals surface area contributed by atoms with E-state index in [-0.39, 0.29) is 6.61 Å². The Labute approximate surface area is 283 Å². The summed E-state index contributed by atoms with van der Waals surface area (Å²) in [5, 5.41) is 18.8. The van der Waals surface area contributed by atoms with Gasteiger partial charge in [0.2, 0.25) is 0 Å². The maximum atomic E-state index is 11.7. The molecule has 3 aromatic rings. The van der Waals surface area contributed by atoms with Crippen LogP contribution in [-0.2, 0) is 31.1 Å². The van der Waals surface area contributed by atoms with E-state index in [2.05, 4.69) is 23.7 Å². The van der Waals surface area contributed by atoms with E-state index in [4.69, 9.17) is 18.9 Å². The quantitative estimate of drug-likeness (QED) is 0.173. The highest BCUT2D eigenvalue weighted by atomic mass is 16.5. The van der Waals surface area contributed by atoms with Gasteiger partial charge in [0, 0.05) is 30.8 Å². The number of hydrogen-bond donors (Lipinski definition) is 2. The second-order valence-corrected chi connectivity index (χ2v) is 10.9. The molecule has 3 rings (SSSR count). The van der Waals surface area contributed by atoms with Crippen LogP contribution in [0.3, 0.4) is 0 Å². The van der Waals surface area contributed by atoms with Crippen molar-refractivity contribution in [1.82, 2.24) is 0 Å². The minimum Gasteiger partial charge on any atom is -0.490 e. The number of aliphatic carboxylic acids is 2. The van der Waals surface area contributed by atoms with Gasteiger partial charge in [0.25, 0.3) is 0 Å². The molecule has 0 fully saturated rings. The van der Waals surface area contributed by atoms with Crippen LogP contribution in [0.5, 0.6) is 11.5 Å². The molecule has 0 saturated carbocycles. The summed E-state index contributed by atoms with van der Waals surface area (Å²) in [5.74, 6) is 11.8. The highest BCUT2D eigenvalue weighted by molar-refractivity contribution is 5.79. The first-order valence-corrected chi connectivity index (χ1v) is 15.7. The fourth-order valence-electron chi connectivity index (χ4n) is 4.39. The lowest BCUT2D eigenvalue weighted by Crippen LogP contribution is -2.35. The van der Waals surface area contributed by atoms with Gasteiger partial charge in [-0.15, -0.1) is 0 Å². The molecular weight excluding hydrogens is 608 g/mol. The monoisotopic (exact) mass is 650 g/mol. The third-order valence-electron chi connectivity index (χ3n) is 7.21. The molecule has 0 spiro atoms. The molecular formula is C40H42O8. The van der Waals surface area contributed by atoms with E-state index in [1.807, 2.05) is 74.5 Å². The van der Waals surface area contributed by atoms with E-state index in [9.17, 15) is 19.8 Å². The number of benzene rings is 3. The van der Waals surface area contributed by atoms with Crippen LogP contribution in [0, 0.1) is 23.7 Å². The Bertz CT molecular complexity index is 1700. The Hall–Kier alpha value is -5.28. The Morgan fingerprint density at radius 3 is 1.65 bits per heavy atom. The largest absolute Gasteiger partial charge is 0.490 e. The lowest BCUT2D eigenvalue weighted by atomic mass is 9.96. The molecule has 8 heteroatoms. The molecule has 0 aliphatic heterocycles. The van der Waals surface area contributed by atoms with Crippen LogP contribution in [0.2, 0.25) is 0 Å². The zero-order chi connectivity index (χ0) is 34.9. The highest BCUT2D eigenvalue weighted by Crippen LogP contribution is 2.27. The van der Waals surface area contributed by atoms with Crippen molar-refractivity contribution in [3.63, 3.8) is 0 Å². The molecule has 0 amide bonds. The van der Waals surface area contributed by atoms with Crippen molar-refractivity contribution in [2.24, 2.45) is 0 Å². The van der Waals surface area contributed by atoms with Gasteiger partial charge in [0.15, 0.2) is 11.7 Å². The maximum Gasteiger partial charge on any atom is 0.340 e. The standard InChI is InChI=1S/C40H42O8/c1-6-45-37(38(41)42)28-33-16-20-35(21-17-33)46-26-24-29(3)8-10-31-12-14-32(15-13-31)11-9-30(4)25-27-47-36-22-18-34(19-23-36)40(5,39(43)44)48-7-2/h12-25,37H,6-7,26-28H2,1-5H3,(H,41,42)(H,43,44). The number of carboxylic acids is 2.